The number of aromatic nitrogens is 1. The lowest BCUT2D eigenvalue weighted by Crippen LogP contribution is -2.41. The molecule has 0 radical (unpaired) electrons. The maximum Gasteiger partial charge on any atom is 0.339 e. The highest BCUT2D eigenvalue weighted by molar-refractivity contribution is 7.89. The highest BCUT2D eigenvalue weighted by Gasteiger charge is 2.33. The number of benzene rings is 1. The molecule has 166 valence electrons. The van der Waals surface area contributed by atoms with Crippen LogP contribution in [0.4, 0.5) is 5.82 Å². The van der Waals surface area contributed by atoms with Crippen molar-refractivity contribution in [1.29, 1.82) is 0 Å². The molecule has 1 aromatic carbocycles. The number of pyridine rings is 1. The van der Waals surface area contributed by atoms with Gasteiger partial charge in [0.2, 0.25) is 10.0 Å². The zero-order chi connectivity index (χ0) is 22.0. The van der Waals surface area contributed by atoms with Crippen LogP contribution in [0.1, 0.15) is 21.5 Å². The molecule has 2 aliphatic heterocycles. The van der Waals surface area contributed by atoms with Gasteiger partial charge in [0.15, 0.2) is 0 Å². The summed E-state index contributed by atoms with van der Waals surface area (Å²) in [7, 11) is -1.01. The molecule has 0 aliphatic carbocycles. The van der Waals surface area contributed by atoms with Gasteiger partial charge in [0, 0.05) is 32.4 Å². The van der Waals surface area contributed by atoms with Gasteiger partial charge in [-0.15, -0.1) is 0 Å². The van der Waals surface area contributed by atoms with Crippen molar-refractivity contribution in [3.63, 3.8) is 0 Å². The lowest BCUT2D eigenvalue weighted by molar-refractivity contribution is 0.0599. The SMILES string of the molecule is COC(=O)c1cnc(N2CCc3ccc(OC)cc3C2)c(S(=O)(=O)N2CCOCC2)c1. The summed E-state index contributed by atoms with van der Waals surface area (Å²) in [6.07, 6.45) is 2.11. The maximum absolute atomic E-state index is 13.5. The molecule has 4 rings (SSSR count). The van der Waals surface area contributed by atoms with Crippen LogP contribution in [-0.2, 0) is 32.5 Å². The number of carbonyl (C=O) groups is 1. The number of methoxy groups -OCH3 is 2. The number of morpholine rings is 1. The second-order valence-electron chi connectivity index (χ2n) is 7.36. The number of nitrogens with zero attached hydrogens (tertiary/aromatic N) is 3. The van der Waals surface area contributed by atoms with Crippen molar-refractivity contribution in [3.8, 4) is 5.75 Å². The van der Waals surface area contributed by atoms with Crippen molar-refractivity contribution in [3.05, 3.63) is 47.2 Å². The summed E-state index contributed by atoms with van der Waals surface area (Å²) in [5.74, 6) is 0.439. The summed E-state index contributed by atoms with van der Waals surface area (Å²) in [4.78, 5) is 18.4. The van der Waals surface area contributed by atoms with E-state index in [-0.39, 0.29) is 23.5 Å². The van der Waals surface area contributed by atoms with Crippen molar-refractivity contribution in [1.82, 2.24) is 9.29 Å². The number of sulfonamides is 1. The molecule has 0 N–H and O–H groups in total. The Morgan fingerprint density at radius 3 is 2.58 bits per heavy atom. The van der Waals surface area contributed by atoms with Gasteiger partial charge in [0.25, 0.3) is 0 Å². The van der Waals surface area contributed by atoms with Gasteiger partial charge in [-0.1, -0.05) is 6.07 Å². The van der Waals surface area contributed by atoms with Gasteiger partial charge in [-0.05, 0) is 35.7 Å². The van der Waals surface area contributed by atoms with Crippen LogP contribution >= 0.6 is 0 Å². The topological polar surface area (TPSA) is 98.3 Å². The number of ether oxygens (including phenoxy) is 3. The summed E-state index contributed by atoms with van der Waals surface area (Å²) in [5.41, 5.74) is 2.34. The minimum atomic E-state index is -3.88. The Balaban J connectivity index is 1.75. The van der Waals surface area contributed by atoms with E-state index in [0.29, 0.717) is 32.1 Å². The summed E-state index contributed by atoms with van der Waals surface area (Å²) >= 11 is 0. The monoisotopic (exact) mass is 447 g/mol. The maximum atomic E-state index is 13.5. The lowest BCUT2D eigenvalue weighted by atomic mass is 9.99. The first-order valence-corrected chi connectivity index (χ1v) is 11.4. The molecule has 0 saturated carbocycles. The van der Waals surface area contributed by atoms with E-state index >= 15 is 0 Å². The quantitative estimate of drug-likeness (QED) is 0.636. The summed E-state index contributed by atoms with van der Waals surface area (Å²) in [5, 5.41) is 0. The molecule has 0 atom stereocenters. The largest absolute Gasteiger partial charge is 0.497 e. The van der Waals surface area contributed by atoms with Crippen molar-refractivity contribution in [2.75, 3.05) is 52.0 Å². The van der Waals surface area contributed by atoms with Crippen LogP contribution in [0.2, 0.25) is 0 Å². The molecule has 2 aliphatic rings. The smallest absolute Gasteiger partial charge is 0.339 e. The third-order valence-electron chi connectivity index (χ3n) is 5.57. The van der Waals surface area contributed by atoms with Gasteiger partial charge < -0.3 is 19.1 Å². The van der Waals surface area contributed by atoms with E-state index in [0.717, 1.165) is 17.7 Å². The predicted molar refractivity (Wildman–Crippen MR) is 113 cm³/mol. The van der Waals surface area contributed by atoms with Gasteiger partial charge in [0.05, 0.1) is 33.0 Å². The van der Waals surface area contributed by atoms with E-state index in [9.17, 15) is 13.2 Å². The molecule has 1 fully saturated rings. The summed E-state index contributed by atoms with van der Waals surface area (Å²) in [6, 6.07) is 7.28. The van der Waals surface area contributed by atoms with Gasteiger partial charge >= 0.3 is 5.97 Å². The fraction of sp³-hybridized carbons (Fsp3) is 0.429. The summed E-state index contributed by atoms with van der Waals surface area (Å²) in [6.45, 7) is 2.26. The Hall–Kier alpha value is -2.69. The van der Waals surface area contributed by atoms with Crippen molar-refractivity contribution in [2.24, 2.45) is 0 Å². The highest BCUT2D eigenvalue weighted by atomic mass is 32.2. The fourth-order valence-electron chi connectivity index (χ4n) is 3.86. The zero-order valence-electron chi connectivity index (χ0n) is 17.5. The van der Waals surface area contributed by atoms with E-state index < -0.39 is 16.0 Å². The van der Waals surface area contributed by atoms with E-state index in [4.69, 9.17) is 14.2 Å². The van der Waals surface area contributed by atoms with Crippen LogP contribution in [0.3, 0.4) is 0 Å². The fourth-order valence-corrected chi connectivity index (χ4v) is 5.46. The van der Waals surface area contributed by atoms with Crippen LogP contribution in [-0.4, -0.2) is 70.7 Å². The molecule has 0 amide bonds. The first-order valence-electron chi connectivity index (χ1n) is 10.0. The number of carbonyl (C=O) groups excluding carboxylic acids is 1. The number of hydrogen-bond donors (Lipinski definition) is 0. The summed E-state index contributed by atoms with van der Waals surface area (Å²) < 4.78 is 43.8. The van der Waals surface area contributed by atoms with Crippen LogP contribution < -0.4 is 9.64 Å². The number of hydrogen-bond acceptors (Lipinski definition) is 8. The first-order chi connectivity index (χ1) is 14.9. The highest BCUT2D eigenvalue weighted by Crippen LogP contribution is 2.32. The third-order valence-corrected chi connectivity index (χ3v) is 7.47. The van der Waals surface area contributed by atoms with Gasteiger partial charge in [0.1, 0.15) is 16.5 Å². The molecule has 3 heterocycles. The van der Waals surface area contributed by atoms with E-state index in [1.807, 2.05) is 23.1 Å². The third kappa shape index (κ3) is 4.23. The van der Waals surface area contributed by atoms with Crippen LogP contribution in [0, 0.1) is 0 Å². The second kappa shape index (κ2) is 8.81. The van der Waals surface area contributed by atoms with E-state index in [1.54, 1.807) is 7.11 Å². The number of fused-ring (bicyclic) bond motifs is 1. The first kappa shape index (κ1) is 21.5. The van der Waals surface area contributed by atoms with Crippen LogP contribution in [0.25, 0.3) is 0 Å². The molecule has 9 nitrogen and oxygen atoms in total. The average Bonchev–Trinajstić information content (AvgIpc) is 2.83. The van der Waals surface area contributed by atoms with Crippen LogP contribution in [0.15, 0.2) is 35.4 Å². The Kier molecular flexibility index (Phi) is 6.12. The van der Waals surface area contributed by atoms with Crippen molar-refractivity contribution < 1.29 is 27.4 Å². The van der Waals surface area contributed by atoms with E-state index in [2.05, 4.69) is 4.98 Å². The van der Waals surface area contributed by atoms with Crippen molar-refractivity contribution >= 4 is 21.8 Å². The Morgan fingerprint density at radius 1 is 1.10 bits per heavy atom. The standard InChI is InChI=1S/C21H25N3O6S/c1-28-18-4-3-15-5-6-23(14-17(15)11-18)20-19(12-16(13-22-20)21(25)29-2)31(26,27)24-7-9-30-10-8-24/h3-4,11-13H,5-10,14H2,1-2H3. The molecule has 2 aromatic rings. The molecule has 10 heteroatoms. The van der Waals surface area contributed by atoms with Gasteiger partial charge in [-0.2, -0.15) is 4.31 Å². The molecular formula is C21H25N3O6S. The Bertz CT molecular complexity index is 1080. The second-order valence-corrected chi connectivity index (χ2v) is 9.27. The molecule has 31 heavy (non-hydrogen) atoms. The molecule has 0 unspecified atom stereocenters. The number of anilines is 1. The minimum Gasteiger partial charge on any atom is -0.497 e. The number of esters is 1. The average molecular weight is 448 g/mol. The lowest BCUT2D eigenvalue weighted by Gasteiger charge is -2.33. The van der Waals surface area contributed by atoms with Crippen molar-refractivity contribution in [2.45, 2.75) is 17.9 Å². The normalized spacial score (nSPS) is 17.2. The molecule has 1 saturated heterocycles. The number of rotatable bonds is 5. The Labute approximate surface area is 181 Å². The minimum absolute atomic E-state index is 0.00338. The van der Waals surface area contributed by atoms with E-state index in [1.165, 1.54) is 29.2 Å². The van der Waals surface area contributed by atoms with Crippen LogP contribution in [0.5, 0.6) is 5.75 Å². The molecular weight excluding hydrogens is 422 g/mol. The molecule has 0 spiro atoms. The zero-order valence-corrected chi connectivity index (χ0v) is 18.4. The predicted octanol–water partition coefficient (Wildman–Crippen LogP) is 1.46. The molecule has 0 bridgehead atoms. The molecule has 1 aromatic heterocycles. The van der Waals surface area contributed by atoms with Gasteiger partial charge in [-0.25, -0.2) is 18.2 Å². The van der Waals surface area contributed by atoms with Gasteiger partial charge in [-0.3, -0.25) is 0 Å². The Morgan fingerprint density at radius 2 is 1.87 bits per heavy atom.